The predicted molar refractivity (Wildman–Crippen MR) is 139 cm³/mol. The molecule has 35 heavy (non-hydrogen) atoms. The average Bonchev–Trinajstić information content (AvgIpc) is 2.81. The summed E-state index contributed by atoms with van der Waals surface area (Å²) in [6, 6.07) is 1.64. The van der Waals surface area contributed by atoms with Gasteiger partial charge in [-0.3, -0.25) is 9.59 Å². The number of Topliss-reactive ketones (excluding diaryl/α,β-unsaturated/α-hetero) is 1. The van der Waals surface area contributed by atoms with Gasteiger partial charge in [-0.1, -0.05) is 13.8 Å². The summed E-state index contributed by atoms with van der Waals surface area (Å²) in [5.74, 6) is 5.58. The molecule has 0 aromatic carbocycles. The molecule has 0 radical (unpaired) electrons. The molecule has 1 unspecified atom stereocenters. The first-order chi connectivity index (χ1) is 16.7. The van der Waals surface area contributed by atoms with Gasteiger partial charge in [-0.25, -0.2) is 0 Å². The lowest BCUT2D eigenvalue weighted by atomic mass is 9.53. The van der Waals surface area contributed by atoms with Crippen molar-refractivity contribution >= 4 is 11.7 Å². The Morgan fingerprint density at radius 3 is 2.60 bits per heavy atom. The van der Waals surface area contributed by atoms with E-state index in [1.165, 1.54) is 44.9 Å². The maximum Gasteiger partial charge on any atom is 0.219 e. The van der Waals surface area contributed by atoms with Gasteiger partial charge in [0.2, 0.25) is 5.91 Å². The van der Waals surface area contributed by atoms with Crippen LogP contribution in [0.2, 0.25) is 0 Å². The molecule has 5 nitrogen and oxygen atoms in total. The Morgan fingerprint density at radius 2 is 1.80 bits per heavy atom. The van der Waals surface area contributed by atoms with Gasteiger partial charge in [0.15, 0.2) is 5.78 Å². The van der Waals surface area contributed by atoms with Crippen molar-refractivity contribution < 1.29 is 9.59 Å². The predicted octanol–water partition coefficient (Wildman–Crippen LogP) is 4.50. The Balaban J connectivity index is 1.22. The lowest BCUT2D eigenvalue weighted by Crippen LogP contribution is -2.72. The topological polar surface area (TPSA) is 52.7 Å². The van der Waals surface area contributed by atoms with Crippen molar-refractivity contribution in [1.82, 2.24) is 15.1 Å². The molecule has 0 aromatic rings. The van der Waals surface area contributed by atoms with E-state index in [2.05, 4.69) is 36.0 Å². The molecule has 0 aromatic heterocycles. The molecule has 6 fully saturated rings. The average molecular weight is 484 g/mol. The van der Waals surface area contributed by atoms with Crippen LogP contribution in [0.15, 0.2) is 0 Å². The standard InChI is InChI=1S/C30H49N3O2/c1-18-10-21(25-6-5-9-33(20(3)34)28(25)13-18)14-24-7-8-29(35)30(31-24)16-22-11-19(2)12-27-26(22)15-23(30)17-32(27)4/h18-19,21-28,31H,5-17H2,1-4H3/t18-,19+,21+,22-,23?,24+,25+,26+,27-,28-,30-/m0/s1. The molecule has 3 saturated heterocycles. The number of carbonyl (C=O) groups excluding carboxylic acids is 2. The Kier molecular flexibility index (Phi) is 6.35. The molecule has 6 aliphatic rings. The highest BCUT2D eigenvalue weighted by molar-refractivity contribution is 5.90. The molecule has 1 spiro atoms. The zero-order valence-corrected chi connectivity index (χ0v) is 22.7. The molecule has 2 bridgehead atoms. The van der Waals surface area contributed by atoms with Crippen molar-refractivity contribution in [1.29, 1.82) is 0 Å². The summed E-state index contributed by atoms with van der Waals surface area (Å²) in [6.45, 7) is 8.64. The number of rotatable bonds is 2. The number of fused-ring (bicyclic) bond motifs is 3. The van der Waals surface area contributed by atoms with Gasteiger partial charge in [0.05, 0.1) is 5.54 Å². The fourth-order valence-electron chi connectivity index (χ4n) is 10.5. The summed E-state index contributed by atoms with van der Waals surface area (Å²) >= 11 is 0. The van der Waals surface area contributed by atoms with E-state index in [0.717, 1.165) is 56.7 Å². The van der Waals surface area contributed by atoms with Crippen LogP contribution < -0.4 is 5.32 Å². The van der Waals surface area contributed by atoms with Gasteiger partial charge in [-0.05, 0) is 113 Å². The van der Waals surface area contributed by atoms with Gasteiger partial charge < -0.3 is 15.1 Å². The molecule has 196 valence electrons. The van der Waals surface area contributed by atoms with Crippen LogP contribution in [0.5, 0.6) is 0 Å². The number of hydrogen-bond acceptors (Lipinski definition) is 4. The van der Waals surface area contributed by atoms with E-state index >= 15 is 0 Å². The first-order valence-corrected chi connectivity index (χ1v) is 15.0. The molecule has 5 heteroatoms. The fourth-order valence-corrected chi connectivity index (χ4v) is 10.5. The largest absolute Gasteiger partial charge is 0.340 e. The maximum absolute atomic E-state index is 13.7. The van der Waals surface area contributed by atoms with Gasteiger partial charge in [0.25, 0.3) is 0 Å². The van der Waals surface area contributed by atoms with Crippen LogP contribution in [0.1, 0.15) is 91.4 Å². The van der Waals surface area contributed by atoms with E-state index in [1.54, 1.807) is 6.92 Å². The van der Waals surface area contributed by atoms with Gasteiger partial charge in [-0.2, -0.15) is 0 Å². The van der Waals surface area contributed by atoms with E-state index in [1.807, 2.05) is 0 Å². The van der Waals surface area contributed by atoms with Crippen molar-refractivity contribution in [2.75, 3.05) is 20.1 Å². The molecule has 1 N–H and O–H groups in total. The highest BCUT2D eigenvalue weighted by Crippen LogP contribution is 2.54. The lowest BCUT2D eigenvalue weighted by Gasteiger charge is -2.61. The second kappa shape index (κ2) is 9.11. The minimum Gasteiger partial charge on any atom is -0.340 e. The summed E-state index contributed by atoms with van der Waals surface area (Å²) in [4.78, 5) is 31.0. The van der Waals surface area contributed by atoms with Gasteiger partial charge >= 0.3 is 0 Å². The van der Waals surface area contributed by atoms with Crippen molar-refractivity contribution in [3.63, 3.8) is 0 Å². The summed E-state index contributed by atoms with van der Waals surface area (Å²) in [7, 11) is 2.33. The quantitative estimate of drug-likeness (QED) is 0.629. The number of likely N-dealkylation sites (tertiary alicyclic amines) is 2. The van der Waals surface area contributed by atoms with Crippen LogP contribution in [0.25, 0.3) is 0 Å². The number of nitrogens with one attached hydrogen (secondary N) is 1. The molecule has 3 saturated carbocycles. The summed E-state index contributed by atoms with van der Waals surface area (Å²) < 4.78 is 0. The summed E-state index contributed by atoms with van der Waals surface area (Å²) in [5.41, 5.74) is -0.280. The second-order valence-corrected chi connectivity index (χ2v) is 14.1. The second-order valence-electron chi connectivity index (χ2n) is 14.1. The normalized spacial score (nSPS) is 50.2. The Labute approximate surface area is 213 Å². The van der Waals surface area contributed by atoms with Crippen LogP contribution in [0.3, 0.4) is 0 Å². The van der Waals surface area contributed by atoms with Gasteiger partial charge in [0.1, 0.15) is 0 Å². The first-order valence-electron chi connectivity index (χ1n) is 15.0. The SMILES string of the molecule is CC(=O)N1CCC[C@@H]2[C@@H](C[C@H]3CCC(=O)[C@@]4(C[C@@H]5C[C@@H](C)C[C@H]6[C@@H]5CC4CN6C)N3)C[C@H](C)C[C@@H]21. The highest BCUT2D eigenvalue weighted by atomic mass is 16.2. The number of piperidine rings is 3. The van der Waals surface area contributed by atoms with Crippen molar-refractivity contribution in [2.45, 2.75) is 115 Å². The lowest BCUT2D eigenvalue weighted by molar-refractivity contribution is -0.146. The van der Waals surface area contributed by atoms with E-state index in [9.17, 15) is 9.59 Å². The summed E-state index contributed by atoms with van der Waals surface area (Å²) in [6.07, 6.45) is 12.9. The zero-order valence-electron chi connectivity index (χ0n) is 22.7. The number of hydrogen-bond donors (Lipinski definition) is 1. The molecule has 3 aliphatic heterocycles. The van der Waals surface area contributed by atoms with Crippen molar-refractivity contribution in [2.24, 2.45) is 41.4 Å². The third-order valence-electron chi connectivity index (χ3n) is 11.8. The van der Waals surface area contributed by atoms with Crippen LogP contribution in [-0.4, -0.2) is 65.3 Å². The summed E-state index contributed by atoms with van der Waals surface area (Å²) in [5, 5.41) is 4.15. The van der Waals surface area contributed by atoms with Crippen LogP contribution in [0, 0.1) is 41.4 Å². The molecule has 11 atom stereocenters. The minimum absolute atomic E-state index is 0.270. The van der Waals surface area contributed by atoms with Crippen molar-refractivity contribution in [3.8, 4) is 0 Å². The van der Waals surface area contributed by atoms with E-state index in [-0.39, 0.29) is 11.4 Å². The third-order valence-corrected chi connectivity index (χ3v) is 11.8. The third kappa shape index (κ3) is 4.11. The van der Waals surface area contributed by atoms with Gasteiger partial charge in [0, 0.05) is 44.6 Å². The fraction of sp³-hybridized carbons (Fsp3) is 0.933. The zero-order chi connectivity index (χ0) is 24.5. The van der Waals surface area contributed by atoms with Crippen LogP contribution >= 0.6 is 0 Å². The van der Waals surface area contributed by atoms with Crippen molar-refractivity contribution in [3.05, 3.63) is 0 Å². The first kappa shape index (κ1) is 24.4. The molecule has 1 amide bonds. The van der Waals surface area contributed by atoms with Crippen LogP contribution in [-0.2, 0) is 9.59 Å². The molecular weight excluding hydrogens is 434 g/mol. The number of ketones is 1. The smallest absolute Gasteiger partial charge is 0.219 e. The van der Waals surface area contributed by atoms with E-state index < -0.39 is 0 Å². The van der Waals surface area contributed by atoms with E-state index in [0.29, 0.717) is 47.5 Å². The highest BCUT2D eigenvalue weighted by Gasteiger charge is 2.59. The minimum atomic E-state index is -0.280. The van der Waals surface area contributed by atoms with Gasteiger partial charge in [-0.15, -0.1) is 0 Å². The molecule has 6 rings (SSSR count). The molecular formula is C30H49N3O2. The molecule has 3 heterocycles. The number of nitrogens with zero attached hydrogens (tertiary/aromatic N) is 2. The van der Waals surface area contributed by atoms with Crippen LogP contribution in [0.4, 0.5) is 0 Å². The maximum atomic E-state index is 13.7. The number of amides is 1. The Morgan fingerprint density at radius 1 is 1.03 bits per heavy atom. The molecule has 3 aliphatic carbocycles. The Hall–Kier alpha value is -0.940. The van der Waals surface area contributed by atoms with E-state index in [4.69, 9.17) is 0 Å². The Bertz CT molecular complexity index is 845. The number of carbonyl (C=O) groups is 2. The monoisotopic (exact) mass is 483 g/mol.